The monoisotopic (exact) mass is 512 g/mol. The number of carboxylic acids is 1. The number of rotatable bonds is 5. The minimum absolute atomic E-state index is 0.00160. The Labute approximate surface area is 210 Å². The van der Waals surface area contributed by atoms with Gasteiger partial charge in [-0.3, -0.25) is 9.78 Å². The van der Waals surface area contributed by atoms with Crippen LogP contribution in [-0.4, -0.2) is 21.0 Å². The number of aromatic nitrogens is 2. The highest BCUT2D eigenvalue weighted by Crippen LogP contribution is 2.61. The van der Waals surface area contributed by atoms with Crippen molar-refractivity contribution in [2.45, 2.75) is 56.7 Å². The van der Waals surface area contributed by atoms with E-state index in [-0.39, 0.29) is 35.5 Å². The van der Waals surface area contributed by atoms with Crippen LogP contribution < -0.4 is 4.74 Å². The molecule has 1 aromatic carbocycles. The molecule has 0 aliphatic heterocycles. The van der Waals surface area contributed by atoms with Gasteiger partial charge >= 0.3 is 12.1 Å². The molecule has 1 saturated carbocycles. The summed E-state index contributed by atoms with van der Waals surface area (Å²) in [5.41, 5.74) is 2.34. The number of pyridine rings is 2. The fourth-order valence-corrected chi connectivity index (χ4v) is 6.41. The number of fused-ring (bicyclic) bond motifs is 4. The molecule has 4 atom stereocenters. The van der Waals surface area contributed by atoms with Crippen LogP contribution in [0.4, 0.5) is 17.6 Å². The highest BCUT2D eigenvalue weighted by Gasteiger charge is 2.60. The molecule has 0 bridgehead atoms. The maximum Gasteiger partial charge on any atom is 0.418 e. The summed E-state index contributed by atoms with van der Waals surface area (Å²) in [4.78, 5) is 19.3. The van der Waals surface area contributed by atoms with E-state index in [1.54, 1.807) is 18.3 Å². The van der Waals surface area contributed by atoms with Gasteiger partial charge in [-0.2, -0.15) is 13.2 Å². The molecule has 2 aromatic heterocycles. The molecule has 1 N–H and O–H groups in total. The summed E-state index contributed by atoms with van der Waals surface area (Å²) >= 11 is 0. The third kappa shape index (κ3) is 3.86. The van der Waals surface area contributed by atoms with E-state index in [0.29, 0.717) is 29.8 Å². The smallest absolute Gasteiger partial charge is 0.418 e. The Morgan fingerprint density at radius 2 is 1.95 bits per heavy atom. The van der Waals surface area contributed by atoms with E-state index in [2.05, 4.69) is 9.97 Å². The lowest BCUT2D eigenvalue weighted by atomic mass is 9.84. The zero-order valence-corrected chi connectivity index (χ0v) is 20.1. The molecule has 9 heteroatoms. The molecule has 0 saturated heterocycles. The van der Waals surface area contributed by atoms with Crippen LogP contribution in [0.1, 0.15) is 71.0 Å². The fourth-order valence-electron chi connectivity index (χ4n) is 6.41. The maximum absolute atomic E-state index is 15.1. The number of alkyl halides is 3. The van der Waals surface area contributed by atoms with Crippen molar-refractivity contribution >= 4 is 5.97 Å². The Hall–Kier alpha value is -3.49. The number of benzene rings is 1. The van der Waals surface area contributed by atoms with Crippen LogP contribution in [0.5, 0.6) is 5.88 Å². The number of hydrogen-bond acceptors (Lipinski definition) is 4. The van der Waals surface area contributed by atoms with Crippen molar-refractivity contribution in [3.63, 3.8) is 0 Å². The van der Waals surface area contributed by atoms with E-state index in [4.69, 9.17) is 4.74 Å². The van der Waals surface area contributed by atoms with E-state index in [0.717, 1.165) is 17.3 Å². The van der Waals surface area contributed by atoms with Gasteiger partial charge in [-0.05, 0) is 70.2 Å². The molecule has 2 heterocycles. The van der Waals surface area contributed by atoms with Crippen LogP contribution in [0.2, 0.25) is 0 Å². The second-order valence-corrected chi connectivity index (χ2v) is 10.9. The fraction of sp³-hybridized carbons (Fsp3) is 0.393. The average Bonchev–Trinajstić information content (AvgIpc) is 3.33. The minimum atomic E-state index is -4.55. The third-order valence-electron chi connectivity index (χ3n) is 8.22. The van der Waals surface area contributed by atoms with Crippen molar-refractivity contribution in [2.75, 3.05) is 0 Å². The van der Waals surface area contributed by atoms with Gasteiger partial charge in [0.2, 0.25) is 5.88 Å². The van der Waals surface area contributed by atoms with Gasteiger partial charge in [-0.1, -0.05) is 13.8 Å². The lowest BCUT2D eigenvalue weighted by Gasteiger charge is -2.21. The number of hydrogen-bond donors (Lipinski definition) is 1. The minimum Gasteiger partial charge on any atom is -0.481 e. The van der Waals surface area contributed by atoms with E-state index >= 15 is 4.39 Å². The standard InChI is InChI=1S/C28H24F4N2O3/c1-27(2)9-18(15-3-4-33-11-21(15)28(30,31)32)16-6-14(22(29)8-20(16)27)12-37-23-7-13-5-17-24(19(13)10-34-23)25(17)26(35)36/h3-4,6-8,10-11,17-18,24-25H,5,9,12H2,1-2H3,(H,35,36). The second-order valence-electron chi connectivity index (χ2n) is 10.9. The highest BCUT2D eigenvalue weighted by atomic mass is 19.4. The highest BCUT2D eigenvalue weighted by molar-refractivity contribution is 5.77. The van der Waals surface area contributed by atoms with Crippen LogP contribution in [0.15, 0.2) is 42.9 Å². The zero-order valence-electron chi connectivity index (χ0n) is 20.1. The first-order valence-electron chi connectivity index (χ1n) is 12.1. The maximum atomic E-state index is 15.1. The van der Waals surface area contributed by atoms with Gasteiger partial charge in [0.15, 0.2) is 0 Å². The quantitative estimate of drug-likeness (QED) is 0.425. The number of ether oxygens (including phenoxy) is 1. The first-order valence-corrected chi connectivity index (χ1v) is 12.1. The SMILES string of the molecule is CC1(C)CC(c2ccncc2C(F)(F)F)c2cc(COc3cc4c(cn3)C3C(C4)C3C(=O)O)c(F)cc21. The number of halogens is 4. The predicted octanol–water partition coefficient (Wildman–Crippen LogP) is 6.00. The summed E-state index contributed by atoms with van der Waals surface area (Å²) in [6.45, 7) is 3.68. The van der Waals surface area contributed by atoms with Gasteiger partial charge in [-0.15, -0.1) is 0 Å². The molecule has 192 valence electrons. The number of carboxylic acid groups (broad SMARTS) is 1. The van der Waals surface area contributed by atoms with E-state index in [9.17, 15) is 23.1 Å². The van der Waals surface area contributed by atoms with Gasteiger partial charge in [0.05, 0.1) is 11.5 Å². The van der Waals surface area contributed by atoms with E-state index in [1.165, 1.54) is 18.3 Å². The zero-order chi connectivity index (χ0) is 26.3. The Morgan fingerprint density at radius 3 is 2.68 bits per heavy atom. The van der Waals surface area contributed by atoms with Crippen LogP contribution in [0.3, 0.4) is 0 Å². The van der Waals surface area contributed by atoms with Crippen molar-refractivity contribution in [3.05, 3.63) is 87.6 Å². The molecule has 0 spiro atoms. The van der Waals surface area contributed by atoms with Gasteiger partial charge in [0, 0.05) is 42.1 Å². The molecular weight excluding hydrogens is 488 g/mol. The summed E-state index contributed by atoms with van der Waals surface area (Å²) in [5, 5.41) is 9.28. The molecule has 6 rings (SSSR count). The number of nitrogens with zero attached hydrogens (tertiary/aromatic N) is 2. The average molecular weight is 513 g/mol. The van der Waals surface area contributed by atoms with Crippen molar-refractivity contribution < 1.29 is 32.2 Å². The molecule has 0 amide bonds. The molecule has 3 aliphatic carbocycles. The number of carbonyl (C=O) groups is 1. The molecule has 3 aliphatic rings. The number of aliphatic carboxylic acids is 1. The third-order valence-corrected chi connectivity index (χ3v) is 8.22. The van der Waals surface area contributed by atoms with Crippen molar-refractivity contribution in [2.24, 2.45) is 11.8 Å². The molecule has 1 fully saturated rings. The summed E-state index contributed by atoms with van der Waals surface area (Å²) in [6, 6.07) is 6.19. The van der Waals surface area contributed by atoms with Crippen molar-refractivity contribution in [1.29, 1.82) is 0 Å². The Balaban J connectivity index is 1.28. The van der Waals surface area contributed by atoms with Gasteiger partial charge in [-0.25, -0.2) is 9.37 Å². The second kappa shape index (κ2) is 8.00. The Bertz CT molecular complexity index is 1440. The molecule has 4 unspecified atom stereocenters. The first-order chi connectivity index (χ1) is 17.5. The molecule has 3 aromatic rings. The van der Waals surface area contributed by atoms with Crippen LogP contribution in [0, 0.1) is 17.7 Å². The van der Waals surface area contributed by atoms with E-state index < -0.39 is 34.9 Å². The van der Waals surface area contributed by atoms with Crippen LogP contribution in [-0.2, 0) is 29.4 Å². The lowest BCUT2D eigenvalue weighted by molar-refractivity contribution is -0.139. The molecule has 0 radical (unpaired) electrons. The van der Waals surface area contributed by atoms with Gasteiger partial charge < -0.3 is 9.84 Å². The van der Waals surface area contributed by atoms with Crippen molar-refractivity contribution in [1.82, 2.24) is 9.97 Å². The lowest BCUT2D eigenvalue weighted by Crippen LogP contribution is -2.15. The van der Waals surface area contributed by atoms with E-state index in [1.807, 2.05) is 13.8 Å². The van der Waals surface area contributed by atoms with Gasteiger partial charge in [0.1, 0.15) is 12.4 Å². The summed E-state index contributed by atoms with van der Waals surface area (Å²) in [5.74, 6) is -1.79. The van der Waals surface area contributed by atoms with Crippen molar-refractivity contribution in [3.8, 4) is 5.88 Å². The summed E-state index contributed by atoms with van der Waals surface area (Å²) in [7, 11) is 0. The normalized spacial score (nSPS) is 24.8. The summed E-state index contributed by atoms with van der Waals surface area (Å²) in [6.07, 6.45) is 0.338. The molecular formula is C28H24F4N2O3. The van der Waals surface area contributed by atoms with Crippen LogP contribution in [0.25, 0.3) is 0 Å². The van der Waals surface area contributed by atoms with Crippen LogP contribution >= 0.6 is 0 Å². The first kappa shape index (κ1) is 23.9. The largest absolute Gasteiger partial charge is 0.481 e. The van der Waals surface area contributed by atoms with Gasteiger partial charge in [0.25, 0.3) is 0 Å². The molecule has 5 nitrogen and oxygen atoms in total. The predicted molar refractivity (Wildman–Crippen MR) is 125 cm³/mol. The molecule has 37 heavy (non-hydrogen) atoms. The Kier molecular flexibility index (Phi) is 5.17. The Morgan fingerprint density at radius 1 is 1.16 bits per heavy atom. The summed E-state index contributed by atoms with van der Waals surface area (Å²) < 4.78 is 62.2. The topological polar surface area (TPSA) is 72.3 Å².